The summed E-state index contributed by atoms with van der Waals surface area (Å²) in [4.78, 5) is 13.6. The number of rotatable bonds is 4. The van der Waals surface area contributed by atoms with Crippen molar-refractivity contribution in [1.29, 1.82) is 0 Å². The van der Waals surface area contributed by atoms with Gasteiger partial charge in [-0.25, -0.2) is 0 Å². The SMILES string of the molecule is Cc1ccc(-c2cccc(CN3CC(C)CC(C(=O)O)C3)c2)cc1. The molecule has 0 radical (unpaired) electrons. The van der Waals surface area contributed by atoms with Gasteiger partial charge in [-0.3, -0.25) is 9.69 Å². The number of hydrogen-bond donors (Lipinski definition) is 1. The molecule has 0 bridgehead atoms. The quantitative estimate of drug-likeness (QED) is 0.916. The zero-order chi connectivity index (χ0) is 17.1. The second kappa shape index (κ2) is 7.18. The van der Waals surface area contributed by atoms with Gasteiger partial charge in [-0.05, 0) is 42.0 Å². The molecule has 2 unspecified atom stereocenters. The van der Waals surface area contributed by atoms with Crippen LogP contribution in [0.25, 0.3) is 11.1 Å². The summed E-state index contributed by atoms with van der Waals surface area (Å²) in [6.45, 7) is 6.67. The lowest BCUT2D eigenvalue weighted by Gasteiger charge is -2.34. The van der Waals surface area contributed by atoms with Crippen LogP contribution in [0.15, 0.2) is 48.5 Å². The van der Waals surface area contributed by atoms with Crippen LogP contribution in [0.5, 0.6) is 0 Å². The van der Waals surface area contributed by atoms with E-state index >= 15 is 0 Å². The molecule has 2 aromatic rings. The highest BCUT2D eigenvalue weighted by atomic mass is 16.4. The third kappa shape index (κ3) is 4.04. The third-order valence-corrected chi connectivity index (χ3v) is 4.80. The maximum atomic E-state index is 11.3. The van der Waals surface area contributed by atoms with Gasteiger partial charge in [0.2, 0.25) is 0 Å². The summed E-state index contributed by atoms with van der Waals surface area (Å²) in [6, 6.07) is 17.1. The average molecular weight is 323 g/mol. The predicted molar refractivity (Wildman–Crippen MR) is 96.8 cm³/mol. The number of aryl methyl sites for hydroxylation is 1. The topological polar surface area (TPSA) is 40.5 Å². The van der Waals surface area contributed by atoms with Crippen LogP contribution in [0.2, 0.25) is 0 Å². The molecule has 0 amide bonds. The van der Waals surface area contributed by atoms with Crippen molar-refractivity contribution in [2.24, 2.45) is 11.8 Å². The first-order chi connectivity index (χ1) is 11.5. The number of benzene rings is 2. The zero-order valence-electron chi connectivity index (χ0n) is 14.4. The number of piperidine rings is 1. The van der Waals surface area contributed by atoms with Crippen LogP contribution >= 0.6 is 0 Å². The van der Waals surface area contributed by atoms with Crippen LogP contribution < -0.4 is 0 Å². The summed E-state index contributed by atoms with van der Waals surface area (Å²) in [5, 5.41) is 9.33. The molecule has 126 valence electrons. The van der Waals surface area contributed by atoms with Crippen molar-refractivity contribution >= 4 is 5.97 Å². The molecule has 1 fully saturated rings. The maximum absolute atomic E-state index is 11.3. The molecule has 3 rings (SSSR count). The van der Waals surface area contributed by atoms with Gasteiger partial charge in [0, 0.05) is 19.6 Å². The first-order valence-electron chi connectivity index (χ1n) is 8.62. The van der Waals surface area contributed by atoms with E-state index in [1.807, 2.05) is 0 Å². The van der Waals surface area contributed by atoms with Crippen molar-refractivity contribution < 1.29 is 9.90 Å². The fourth-order valence-corrected chi connectivity index (χ4v) is 3.62. The highest BCUT2D eigenvalue weighted by Gasteiger charge is 2.29. The van der Waals surface area contributed by atoms with E-state index in [2.05, 4.69) is 67.3 Å². The molecule has 1 saturated heterocycles. The van der Waals surface area contributed by atoms with E-state index in [1.165, 1.54) is 22.3 Å². The lowest BCUT2D eigenvalue weighted by atomic mass is 9.90. The van der Waals surface area contributed by atoms with E-state index in [0.717, 1.165) is 19.5 Å². The molecule has 1 heterocycles. The second-order valence-corrected chi connectivity index (χ2v) is 7.14. The van der Waals surface area contributed by atoms with E-state index < -0.39 is 5.97 Å². The second-order valence-electron chi connectivity index (χ2n) is 7.14. The Bertz CT molecular complexity index is 708. The van der Waals surface area contributed by atoms with Gasteiger partial charge in [0.1, 0.15) is 0 Å². The zero-order valence-corrected chi connectivity index (χ0v) is 14.4. The molecule has 1 N–H and O–H groups in total. The Labute approximate surface area is 143 Å². The van der Waals surface area contributed by atoms with Crippen molar-refractivity contribution in [1.82, 2.24) is 4.90 Å². The Kier molecular flexibility index (Phi) is 5.00. The first-order valence-corrected chi connectivity index (χ1v) is 8.62. The molecule has 2 atom stereocenters. The highest BCUT2D eigenvalue weighted by molar-refractivity contribution is 5.70. The fourth-order valence-electron chi connectivity index (χ4n) is 3.62. The minimum absolute atomic E-state index is 0.242. The molecule has 1 aliphatic heterocycles. The molecule has 0 aromatic heterocycles. The number of carboxylic acids is 1. The predicted octanol–water partition coefficient (Wildman–Crippen LogP) is 4.20. The van der Waals surface area contributed by atoms with E-state index in [4.69, 9.17) is 0 Å². The lowest BCUT2D eigenvalue weighted by molar-refractivity contribution is -0.144. The molecule has 0 saturated carbocycles. The van der Waals surface area contributed by atoms with E-state index in [0.29, 0.717) is 12.5 Å². The minimum Gasteiger partial charge on any atom is -0.481 e. The van der Waals surface area contributed by atoms with Gasteiger partial charge < -0.3 is 5.11 Å². The van der Waals surface area contributed by atoms with Gasteiger partial charge in [-0.15, -0.1) is 0 Å². The Morgan fingerprint density at radius 1 is 1.12 bits per heavy atom. The molecule has 24 heavy (non-hydrogen) atoms. The Morgan fingerprint density at radius 3 is 2.58 bits per heavy atom. The maximum Gasteiger partial charge on any atom is 0.307 e. The number of hydrogen-bond acceptors (Lipinski definition) is 2. The van der Waals surface area contributed by atoms with Gasteiger partial charge in [0.15, 0.2) is 0 Å². The van der Waals surface area contributed by atoms with Crippen molar-refractivity contribution in [2.75, 3.05) is 13.1 Å². The van der Waals surface area contributed by atoms with Crippen molar-refractivity contribution in [3.8, 4) is 11.1 Å². The van der Waals surface area contributed by atoms with Crippen LogP contribution in [0.3, 0.4) is 0 Å². The van der Waals surface area contributed by atoms with E-state index in [-0.39, 0.29) is 5.92 Å². The molecule has 0 aliphatic carbocycles. The van der Waals surface area contributed by atoms with E-state index in [1.54, 1.807) is 0 Å². The van der Waals surface area contributed by atoms with Crippen LogP contribution in [-0.4, -0.2) is 29.1 Å². The normalized spacial score (nSPS) is 21.6. The Balaban J connectivity index is 1.74. The number of carbonyl (C=O) groups is 1. The monoisotopic (exact) mass is 323 g/mol. The van der Waals surface area contributed by atoms with Crippen LogP contribution in [0.4, 0.5) is 0 Å². The number of aliphatic carboxylic acids is 1. The number of likely N-dealkylation sites (tertiary alicyclic amines) is 1. The summed E-state index contributed by atoms with van der Waals surface area (Å²) < 4.78 is 0. The van der Waals surface area contributed by atoms with E-state index in [9.17, 15) is 9.90 Å². The van der Waals surface area contributed by atoms with Crippen LogP contribution in [-0.2, 0) is 11.3 Å². The first kappa shape index (κ1) is 16.7. The molecule has 3 heteroatoms. The molecular weight excluding hydrogens is 298 g/mol. The summed E-state index contributed by atoms with van der Waals surface area (Å²) in [6.07, 6.45) is 0.787. The van der Waals surface area contributed by atoms with Crippen molar-refractivity contribution in [3.63, 3.8) is 0 Å². The molecule has 0 spiro atoms. The Hall–Kier alpha value is -2.13. The van der Waals surface area contributed by atoms with Crippen LogP contribution in [0.1, 0.15) is 24.5 Å². The largest absolute Gasteiger partial charge is 0.481 e. The highest BCUT2D eigenvalue weighted by Crippen LogP contribution is 2.25. The summed E-state index contributed by atoms with van der Waals surface area (Å²) >= 11 is 0. The smallest absolute Gasteiger partial charge is 0.307 e. The summed E-state index contributed by atoms with van der Waals surface area (Å²) in [5.74, 6) is -0.478. The minimum atomic E-state index is -0.667. The number of nitrogens with zero attached hydrogens (tertiary/aromatic N) is 1. The van der Waals surface area contributed by atoms with Gasteiger partial charge >= 0.3 is 5.97 Å². The van der Waals surface area contributed by atoms with Crippen molar-refractivity contribution in [3.05, 3.63) is 59.7 Å². The fraction of sp³-hybridized carbons (Fsp3) is 0.381. The van der Waals surface area contributed by atoms with Crippen LogP contribution in [0, 0.1) is 18.8 Å². The standard InChI is InChI=1S/C21H25NO2/c1-15-6-8-18(9-7-15)19-5-3-4-17(11-19)13-22-12-16(2)10-20(14-22)21(23)24/h3-9,11,16,20H,10,12-14H2,1-2H3,(H,23,24). The molecule has 1 aliphatic rings. The summed E-state index contributed by atoms with van der Waals surface area (Å²) in [7, 11) is 0. The molecule has 2 aromatic carbocycles. The molecule has 3 nitrogen and oxygen atoms in total. The lowest BCUT2D eigenvalue weighted by Crippen LogP contribution is -2.41. The molecular formula is C21H25NO2. The summed E-state index contributed by atoms with van der Waals surface area (Å²) in [5.41, 5.74) is 4.94. The average Bonchev–Trinajstić information content (AvgIpc) is 2.55. The van der Waals surface area contributed by atoms with Gasteiger partial charge in [-0.1, -0.05) is 55.0 Å². The number of carboxylic acid groups (broad SMARTS) is 1. The van der Waals surface area contributed by atoms with Gasteiger partial charge in [0.25, 0.3) is 0 Å². The van der Waals surface area contributed by atoms with Crippen molar-refractivity contribution in [2.45, 2.75) is 26.8 Å². The van der Waals surface area contributed by atoms with Gasteiger partial charge in [-0.2, -0.15) is 0 Å². The third-order valence-electron chi connectivity index (χ3n) is 4.80. The Morgan fingerprint density at radius 2 is 1.88 bits per heavy atom. The van der Waals surface area contributed by atoms with Gasteiger partial charge in [0.05, 0.1) is 5.92 Å².